The molecule has 0 saturated carbocycles. The second-order valence-corrected chi connectivity index (χ2v) is 13.7. The maximum absolute atomic E-state index is 10.6. The Morgan fingerprint density at radius 3 is 2.47 bits per heavy atom. The predicted molar refractivity (Wildman–Crippen MR) is 125 cm³/mol. The van der Waals surface area contributed by atoms with Crippen molar-refractivity contribution in [3.05, 3.63) is 41.9 Å². The average molecular weight is 427 g/mol. The molecule has 8 heteroatoms. The van der Waals surface area contributed by atoms with Crippen molar-refractivity contribution < 1.29 is 14.6 Å². The van der Waals surface area contributed by atoms with Gasteiger partial charge in [-0.05, 0) is 36.5 Å². The highest BCUT2D eigenvalue weighted by atomic mass is 28.4. The lowest BCUT2D eigenvalue weighted by Gasteiger charge is -2.36. The molecule has 0 saturated heterocycles. The summed E-state index contributed by atoms with van der Waals surface area (Å²) in [5.74, 6) is 1.27. The third-order valence-corrected chi connectivity index (χ3v) is 9.61. The third kappa shape index (κ3) is 6.06. The number of aryl methyl sites for hydroxylation is 1. The molecule has 0 aliphatic rings. The average Bonchev–Trinajstić information content (AvgIpc) is 3.06. The lowest BCUT2D eigenvalue weighted by atomic mass is 9.97. The molecule has 30 heavy (non-hydrogen) atoms. The quantitative estimate of drug-likeness (QED) is 0.345. The second-order valence-electron chi connectivity index (χ2n) is 9.27. The molecule has 1 aromatic carbocycles. The van der Waals surface area contributed by atoms with Crippen LogP contribution in [0.25, 0.3) is 11.3 Å². The van der Waals surface area contributed by atoms with Crippen molar-refractivity contribution in [2.24, 2.45) is 12.0 Å². The topological polar surface area (TPSA) is 79.9 Å². The molecule has 2 aromatic rings. The molecule has 1 aromatic heterocycles. The van der Waals surface area contributed by atoms with Crippen LogP contribution in [0, 0.1) is 0 Å². The van der Waals surface area contributed by atoms with E-state index in [-0.39, 0.29) is 23.6 Å². The summed E-state index contributed by atoms with van der Waals surface area (Å²) in [6.07, 6.45) is 4.68. The summed E-state index contributed by atoms with van der Waals surface area (Å²) >= 11 is 0. The Kier molecular flexibility index (Phi) is 8.07. The predicted octanol–water partition coefficient (Wildman–Crippen LogP) is 3.59. The first-order valence-electron chi connectivity index (χ1n) is 10.3. The van der Waals surface area contributed by atoms with E-state index >= 15 is 0 Å². The van der Waals surface area contributed by atoms with Crippen molar-refractivity contribution >= 4 is 22.8 Å². The van der Waals surface area contributed by atoms with Gasteiger partial charge in [-0.1, -0.05) is 45.0 Å². The lowest BCUT2D eigenvalue weighted by Crippen LogP contribution is -2.39. The van der Waals surface area contributed by atoms with Crippen LogP contribution in [0.5, 0.6) is 0 Å². The van der Waals surface area contributed by atoms with Crippen LogP contribution < -0.4 is 0 Å². The molecule has 6 nitrogen and oxygen atoms in total. The van der Waals surface area contributed by atoms with Gasteiger partial charge >= 0.3 is 8.05 Å². The Hall–Kier alpha value is -1.90. The molecule has 0 fully saturated rings. The summed E-state index contributed by atoms with van der Waals surface area (Å²) in [7, 11) is 4.71. The van der Waals surface area contributed by atoms with Crippen LogP contribution in [0.3, 0.4) is 0 Å². The number of benzene rings is 1. The third-order valence-electron chi connectivity index (χ3n) is 6.09. The Labute approximate surface area is 182 Å². The van der Waals surface area contributed by atoms with Gasteiger partial charge in [0.25, 0.3) is 0 Å². The van der Waals surface area contributed by atoms with E-state index in [1.165, 1.54) is 0 Å². The SMILES string of the molecule is [B]OC=NC(CO)Cc1ccc(-c2cn(C)c(C(C)CC(C)(C)[Si](C)(C)O)n2)cc1. The van der Waals surface area contributed by atoms with Gasteiger partial charge in [-0.15, -0.1) is 0 Å². The van der Waals surface area contributed by atoms with E-state index < -0.39 is 8.32 Å². The number of hydrogen-bond acceptors (Lipinski definition) is 5. The first-order valence-corrected chi connectivity index (χ1v) is 13.3. The first-order chi connectivity index (χ1) is 14.0. The molecule has 0 amide bonds. The minimum Gasteiger partial charge on any atom is -0.560 e. The van der Waals surface area contributed by atoms with Crippen molar-refractivity contribution in [2.75, 3.05) is 6.61 Å². The van der Waals surface area contributed by atoms with Gasteiger partial charge in [-0.3, -0.25) is 4.99 Å². The number of rotatable bonds is 10. The molecule has 162 valence electrons. The summed E-state index contributed by atoms with van der Waals surface area (Å²) < 4.78 is 6.43. The molecule has 0 bridgehead atoms. The zero-order valence-corrected chi connectivity index (χ0v) is 20.0. The zero-order valence-electron chi connectivity index (χ0n) is 19.0. The molecule has 0 spiro atoms. The fourth-order valence-electron chi connectivity index (χ4n) is 3.55. The molecule has 2 atom stereocenters. The summed E-state index contributed by atoms with van der Waals surface area (Å²) in [5, 5.41) is 9.33. The van der Waals surface area contributed by atoms with E-state index in [2.05, 4.69) is 41.2 Å². The number of imidazole rings is 1. The number of aliphatic hydroxyl groups excluding tert-OH is 1. The van der Waals surface area contributed by atoms with E-state index in [9.17, 15) is 9.90 Å². The molecular formula is C22H34BN3O3Si. The molecule has 2 unspecified atom stereocenters. The largest absolute Gasteiger partial charge is 0.560 e. The minimum atomic E-state index is -2.27. The van der Waals surface area contributed by atoms with E-state index in [0.29, 0.717) is 6.42 Å². The van der Waals surface area contributed by atoms with Gasteiger partial charge in [0, 0.05) is 24.7 Å². The Balaban J connectivity index is 2.15. The summed E-state index contributed by atoms with van der Waals surface area (Å²) in [6, 6.07) is 7.84. The summed E-state index contributed by atoms with van der Waals surface area (Å²) in [5.41, 5.74) is 3.03. The Morgan fingerprint density at radius 2 is 1.93 bits per heavy atom. The normalized spacial score (nSPS) is 14.8. The summed E-state index contributed by atoms with van der Waals surface area (Å²) in [6.45, 7) is 10.4. The number of hydrogen-bond donors (Lipinski definition) is 2. The van der Waals surface area contributed by atoms with Crippen LogP contribution >= 0.6 is 0 Å². The highest BCUT2D eigenvalue weighted by molar-refractivity contribution is 6.72. The van der Waals surface area contributed by atoms with Gasteiger partial charge in [0.15, 0.2) is 14.7 Å². The standard InChI is InChI=1S/C22H34BN3O3Si/c1-16(12-22(2,3)30(5,6)28)21-25-20(13-26(21)4)18-9-7-17(8-10-18)11-19(14-27)24-15-29-23/h7-10,13,15-16,19,27-28H,11-12,14H2,1-6H3. The first kappa shape index (κ1) is 24.4. The van der Waals surface area contributed by atoms with E-state index in [1.54, 1.807) is 0 Å². The Bertz CT molecular complexity index is 844. The van der Waals surface area contributed by atoms with Gasteiger partial charge in [0.2, 0.25) is 0 Å². The smallest absolute Gasteiger partial charge is 0.375 e. The number of aromatic nitrogens is 2. The van der Waals surface area contributed by atoms with Gasteiger partial charge in [-0.25, -0.2) is 4.98 Å². The van der Waals surface area contributed by atoms with Crippen molar-refractivity contribution in [3.8, 4) is 11.3 Å². The number of aliphatic hydroxyl groups is 1. The highest BCUT2D eigenvalue weighted by Crippen LogP contribution is 2.43. The summed E-state index contributed by atoms with van der Waals surface area (Å²) in [4.78, 5) is 19.6. The van der Waals surface area contributed by atoms with Crippen LogP contribution in [0.4, 0.5) is 0 Å². The van der Waals surface area contributed by atoms with Crippen molar-refractivity contribution in [3.63, 3.8) is 0 Å². The van der Waals surface area contributed by atoms with Crippen molar-refractivity contribution in [1.29, 1.82) is 0 Å². The van der Waals surface area contributed by atoms with Crippen LogP contribution in [0.2, 0.25) is 18.1 Å². The minimum absolute atomic E-state index is 0.0764. The molecule has 0 aliphatic heterocycles. The molecular weight excluding hydrogens is 393 g/mol. The maximum Gasteiger partial charge on any atom is 0.375 e. The fourth-order valence-corrected chi connectivity index (χ4v) is 4.36. The number of aliphatic imine (C=N–C) groups is 1. The molecule has 0 aliphatic carbocycles. The fraction of sp³-hybridized carbons (Fsp3) is 0.545. The number of nitrogens with zero attached hydrogens (tertiary/aromatic N) is 3. The zero-order chi connectivity index (χ0) is 22.5. The maximum atomic E-state index is 10.6. The lowest BCUT2D eigenvalue weighted by molar-refractivity contribution is 0.265. The van der Waals surface area contributed by atoms with Gasteiger partial charge < -0.3 is 19.1 Å². The van der Waals surface area contributed by atoms with E-state index in [4.69, 9.17) is 13.0 Å². The van der Waals surface area contributed by atoms with E-state index in [0.717, 1.165) is 35.5 Å². The molecule has 1 heterocycles. The van der Waals surface area contributed by atoms with Crippen LogP contribution in [-0.4, -0.2) is 54.9 Å². The van der Waals surface area contributed by atoms with E-state index in [1.807, 2.05) is 44.4 Å². The molecule has 2 radical (unpaired) electrons. The molecule has 2 N–H and O–H groups in total. The van der Waals surface area contributed by atoms with Gasteiger partial charge in [0.05, 0.1) is 18.3 Å². The molecule has 2 rings (SSSR count). The van der Waals surface area contributed by atoms with Crippen molar-refractivity contribution in [1.82, 2.24) is 9.55 Å². The van der Waals surface area contributed by atoms with Crippen LogP contribution in [0.1, 0.15) is 44.5 Å². The van der Waals surface area contributed by atoms with Crippen LogP contribution in [-0.2, 0) is 18.1 Å². The monoisotopic (exact) mass is 427 g/mol. The van der Waals surface area contributed by atoms with Gasteiger partial charge in [-0.2, -0.15) is 0 Å². The van der Waals surface area contributed by atoms with Crippen molar-refractivity contribution in [2.45, 2.75) is 63.7 Å². The Morgan fingerprint density at radius 1 is 1.30 bits per heavy atom. The highest BCUT2D eigenvalue weighted by Gasteiger charge is 2.39. The van der Waals surface area contributed by atoms with Gasteiger partial charge in [0.1, 0.15) is 5.82 Å². The second kappa shape index (κ2) is 9.94. The van der Waals surface area contributed by atoms with Crippen LogP contribution in [0.15, 0.2) is 35.5 Å².